The minimum absolute atomic E-state index is 0.304. The molecule has 1 N–H and O–H groups in total. The molecule has 6 heteroatoms. The molecule has 1 aliphatic heterocycles. The quantitative estimate of drug-likeness (QED) is 0.395. The van der Waals surface area contributed by atoms with Crippen molar-refractivity contribution in [3.63, 3.8) is 0 Å². The maximum atomic E-state index is 12.5. The predicted octanol–water partition coefficient (Wildman–Crippen LogP) is 4.22. The van der Waals surface area contributed by atoms with Crippen LogP contribution in [-0.4, -0.2) is 29.9 Å². The molecule has 31 heavy (non-hydrogen) atoms. The molecule has 0 bridgehead atoms. The number of carbonyl (C=O) groups is 1. The molecular weight excluding hydrogens is 390 g/mol. The summed E-state index contributed by atoms with van der Waals surface area (Å²) in [6, 6.07) is 23.6. The molecule has 6 nitrogen and oxygen atoms in total. The van der Waals surface area contributed by atoms with Gasteiger partial charge < -0.3 is 14.0 Å². The summed E-state index contributed by atoms with van der Waals surface area (Å²) < 4.78 is 13.2. The third-order valence-electron chi connectivity index (χ3n) is 5.19. The second-order valence-corrected chi connectivity index (χ2v) is 7.27. The van der Waals surface area contributed by atoms with Crippen molar-refractivity contribution in [2.24, 2.45) is 5.10 Å². The lowest BCUT2D eigenvalue weighted by Gasteiger charge is -2.18. The van der Waals surface area contributed by atoms with Crippen molar-refractivity contribution in [2.45, 2.75) is 6.54 Å². The van der Waals surface area contributed by atoms with Gasteiger partial charge in [-0.3, -0.25) is 4.79 Å². The Labute approximate surface area is 179 Å². The van der Waals surface area contributed by atoms with Crippen LogP contribution in [0, 0.1) is 0 Å². The van der Waals surface area contributed by atoms with Gasteiger partial charge in [0.1, 0.15) is 13.2 Å². The van der Waals surface area contributed by atoms with Crippen molar-refractivity contribution in [2.75, 3.05) is 13.2 Å². The summed E-state index contributed by atoms with van der Waals surface area (Å²) in [4.78, 5) is 12.5. The monoisotopic (exact) mass is 411 g/mol. The third-order valence-corrected chi connectivity index (χ3v) is 5.19. The minimum atomic E-state index is -0.304. The molecule has 154 valence electrons. The van der Waals surface area contributed by atoms with Gasteiger partial charge in [-0.25, -0.2) is 5.43 Å². The fraction of sp³-hybridized carbons (Fsp3) is 0.120. The molecule has 2 heterocycles. The number of hydrogen-bond acceptors (Lipinski definition) is 4. The first-order valence-corrected chi connectivity index (χ1v) is 10.1. The van der Waals surface area contributed by atoms with E-state index >= 15 is 0 Å². The summed E-state index contributed by atoms with van der Waals surface area (Å²) >= 11 is 0. The van der Waals surface area contributed by atoms with E-state index in [2.05, 4.69) is 45.6 Å². The standard InChI is InChI=1S/C25H21N3O3/c29-25(19-10-11-23-24(14-19)31-13-12-30-23)27-26-15-20-17-28(16-18-6-2-1-3-7-18)22-9-5-4-8-21(20)22/h1-11,14-15,17H,12-13,16H2,(H,27,29). The van der Waals surface area contributed by atoms with Crippen LogP contribution in [0.4, 0.5) is 0 Å². The number of aromatic nitrogens is 1. The van der Waals surface area contributed by atoms with Crippen LogP contribution in [0.3, 0.4) is 0 Å². The van der Waals surface area contributed by atoms with Gasteiger partial charge in [0.25, 0.3) is 5.91 Å². The van der Waals surface area contributed by atoms with E-state index in [9.17, 15) is 4.79 Å². The van der Waals surface area contributed by atoms with Crippen LogP contribution in [0.25, 0.3) is 10.9 Å². The Morgan fingerprint density at radius 2 is 1.74 bits per heavy atom. The highest BCUT2D eigenvalue weighted by Crippen LogP contribution is 2.30. The minimum Gasteiger partial charge on any atom is -0.486 e. The Kier molecular flexibility index (Phi) is 5.10. The van der Waals surface area contributed by atoms with Gasteiger partial charge in [0, 0.05) is 34.8 Å². The van der Waals surface area contributed by atoms with Crippen LogP contribution in [0.2, 0.25) is 0 Å². The average Bonchev–Trinajstić information content (AvgIpc) is 3.17. The summed E-state index contributed by atoms with van der Waals surface area (Å²) in [5, 5.41) is 5.27. The first kappa shape index (κ1) is 18.9. The van der Waals surface area contributed by atoms with E-state index in [1.54, 1.807) is 24.4 Å². The molecule has 4 aromatic rings. The van der Waals surface area contributed by atoms with Crippen molar-refractivity contribution >= 4 is 23.0 Å². The van der Waals surface area contributed by atoms with E-state index < -0.39 is 0 Å². The van der Waals surface area contributed by atoms with E-state index in [0.29, 0.717) is 30.3 Å². The number of hydrogen-bond donors (Lipinski definition) is 1. The lowest BCUT2D eigenvalue weighted by Crippen LogP contribution is -2.19. The van der Waals surface area contributed by atoms with Gasteiger partial charge >= 0.3 is 0 Å². The van der Waals surface area contributed by atoms with Crippen LogP contribution >= 0.6 is 0 Å². The van der Waals surface area contributed by atoms with Gasteiger partial charge in [-0.2, -0.15) is 5.10 Å². The Morgan fingerprint density at radius 1 is 0.968 bits per heavy atom. The molecule has 0 radical (unpaired) electrons. The summed E-state index contributed by atoms with van der Waals surface area (Å²) in [6.07, 6.45) is 3.73. The van der Waals surface area contributed by atoms with E-state index in [1.807, 2.05) is 30.3 Å². The molecular formula is C25H21N3O3. The highest BCUT2D eigenvalue weighted by Gasteiger charge is 2.14. The molecule has 1 aromatic heterocycles. The number of nitrogens with one attached hydrogen (secondary N) is 1. The molecule has 0 atom stereocenters. The fourth-order valence-corrected chi connectivity index (χ4v) is 3.70. The Morgan fingerprint density at radius 3 is 2.61 bits per heavy atom. The van der Waals surface area contributed by atoms with Crippen molar-refractivity contribution in [3.05, 3.63) is 95.7 Å². The predicted molar refractivity (Wildman–Crippen MR) is 120 cm³/mol. The van der Waals surface area contributed by atoms with E-state index in [4.69, 9.17) is 9.47 Å². The zero-order chi connectivity index (χ0) is 21.0. The van der Waals surface area contributed by atoms with E-state index in [1.165, 1.54) is 5.56 Å². The van der Waals surface area contributed by atoms with E-state index in [-0.39, 0.29) is 5.91 Å². The molecule has 0 saturated carbocycles. The SMILES string of the molecule is O=C(NN=Cc1cn(Cc2ccccc2)c2ccccc12)c1ccc2c(c1)OCCO2. The van der Waals surface area contributed by atoms with Crippen molar-refractivity contribution in [1.29, 1.82) is 0 Å². The number of hydrazone groups is 1. The van der Waals surface area contributed by atoms with Crippen LogP contribution in [-0.2, 0) is 6.54 Å². The zero-order valence-electron chi connectivity index (χ0n) is 16.8. The second-order valence-electron chi connectivity index (χ2n) is 7.27. The van der Waals surface area contributed by atoms with Crippen molar-refractivity contribution < 1.29 is 14.3 Å². The van der Waals surface area contributed by atoms with Gasteiger partial charge in [-0.1, -0.05) is 48.5 Å². The number of nitrogens with zero attached hydrogens (tertiary/aromatic N) is 2. The average molecular weight is 411 g/mol. The topological polar surface area (TPSA) is 64.9 Å². The third kappa shape index (κ3) is 4.00. The number of amides is 1. The molecule has 0 unspecified atom stereocenters. The zero-order valence-corrected chi connectivity index (χ0v) is 16.8. The summed E-state index contributed by atoms with van der Waals surface area (Å²) in [7, 11) is 0. The van der Waals surface area contributed by atoms with Gasteiger partial charge in [0.15, 0.2) is 11.5 Å². The first-order chi connectivity index (χ1) is 15.3. The number of ether oxygens (including phenoxy) is 2. The highest BCUT2D eigenvalue weighted by atomic mass is 16.6. The number of fused-ring (bicyclic) bond motifs is 2. The molecule has 3 aromatic carbocycles. The molecule has 1 amide bonds. The molecule has 1 aliphatic rings. The number of benzene rings is 3. The maximum absolute atomic E-state index is 12.5. The normalized spacial score (nSPS) is 12.9. The molecule has 0 saturated heterocycles. The summed E-state index contributed by atoms with van der Waals surface area (Å²) in [6.45, 7) is 1.75. The number of para-hydroxylation sites is 1. The van der Waals surface area contributed by atoms with Gasteiger partial charge in [-0.15, -0.1) is 0 Å². The van der Waals surface area contributed by atoms with Crippen molar-refractivity contribution in [1.82, 2.24) is 9.99 Å². The van der Waals surface area contributed by atoms with Crippen LogP contribution in [0.15, 0.2) is 84.1 Å². The van der Waals surface area contributed by atoms with Gasteiger partial charge in [0.2, 0.25) is 0 Å². The highest BCUT2D eigenvalue weighted by molar-refractivity contribution is 6.00. The van der Waals surface area contributed by atoms with Gasteiger partial charge in [0.05, 0.1) is 6.21 Å². The largest absolute Gasteiger partial charge is 0.486 e. The Hall–Kier alpha value is -4.06. The Bertz CT molecular complexity index is 1260. The van der Waals surface area contributed by atoms with E-state index in [0.717, 1.165) is 23.0 Å². The van der Waals surface area contributed by atoms with Crippen LogP contribution < -0.4 is 14.9 Å². The smallest absolute Gasteiger partial charge is 0.271 e. The number of rotatable bonds is 5. The second kappa shape index (κ2) is 8.36. The summed E-state index contributed by atoms with van der Waals surface area (Å²) in [5.41, 5.74) is 6.34. The molecule has 0 spiro atoms. The molecule has 5 rings (SSSR count). The molecule has 0 aliphatic carbocycles. The maximum Gasteiger partial charge on any atom is 0.271 e. The summed E-state index contributed by atoms with van der Waals surface area (Å²) in [5.74, 6) is 0.922. The first-order valence-electron chi connectivity index (χ1n) is 10.1. The fourth-order valence-electron chi connectivity index (χ4n) is 3.70. The molecule has 0 fully saturated rings. The van der Waals surface area contributed by atoms with Crippen molar-refractivity contribution in [3.8, 4) is 11.5 Å². The lowest BCUT2D eigenvalue weighted by molar-refractivity contribution is 0.0954. The lowest BCUT2D eigenvalue weighted by atomic mass is 10.2. The van der Waals surface area contributed by atoms with Crippen LogP contribution in [0.1, 0.15) is 21.5 Å². The van der Waals surface area contributed by atoms with Gasteiger partial charge in [-0.05, 0) is 29.8 Å². The Balaban J connectivity index is 1.35. The number of carbonyl (C=O) groups excluding carboxylic acids is 1. The van der Waals surface area contributed by atoms with Crippen LogP contribution in [0.5, 0.6) is 11.5 Å².